The van der Waals surface area contributed by atoms with Crippen molar-refractivity contribution in [1.82, 2.24) is 0 Å². The first-order chi connectivity index (χ1) is 15.4. The van der Waals surface area contributed by atoms with E-state index in [-0.39, 0.29) is 24.4 Å². The minimum absolute atomic E-state index is 0.108. The summed E-state index contributed by atoms with van der Waals surface area (Å²) in [4.78, 5) is 37.4. The monoisotopic (exact) mass is 459 g/mol. The maximum absolute atomic E-state index is 12.6. The van der Waals surface area contributed by atoms with E-state index in [1.807, 2.05) is 0 Å². The molecule has 9 heteroatoms. The van der Waals surface area contributed by atoms with Gasteiger partial charge in [-0.25, -0.2) is 4.79 Å². The topological polar surface area (TPSA) is 105 Å². The van der Waals surface area contributed by atoms with Crippen molar-refractivity contribution in [3.8, 4) is 5.75 Å². The van der Waals surface area contributed by atoms with Crippen molar-refractivity contribution in [2.75, 3.05) is 13.7 Å². The molecule has 0 unspecified atom stereocenters. The third-order valence-corrected chi connectivity index (χ3v) is 7.09. The molecule has 3 rings (SSSR count). The van der Waals surface area contributed by atoms with Crippen LogP contribution in [-0.4, -0.2) is 42.2 Å². The quantitative estimate of drug-likeness (QED) is 0.324. The second-order valence-electron chi connectivity index (χ2n) is 7.24. The van der Waals surface area contributed by atoms with Gasteiger partial charge in [0.2, 0.25) is 0 Å². The Kier molecular flexibility index (Phi) is 7.40. The fourth-order valence-corrected chi connectivity index (χ4v) is 5.60. The summed E-state index contributed by atoms with van der Waals surface area (Å²) in [5.74, 6) is -0.615. The second-order valence-corrected chi connectivity index (χ2v) is 8.39. The highest BCUT2D eigenvalue weighted by atomic mass is 32.2. The van der Waals surface area contributed by atoms with Crippen LogP contribution >= 0.6 is 11.8 Å². The van der Waals surface area contributed by atoms with Crippen molar-refractivity contribution < 1.29 is 28.7 Å². The molecule has 2 aromatic carbocycles. The number of para-hydroxylation sites is 1. The number of benzene rings is 2. The minimum atomic E-state index is -1.63. The number of hydrogen-bond donors (Lipinski definition) is 0. The molecule has 2 aromatic rings. The summed E-state index contributed by atoms with van der Waals surface area (Å²) in [6.07, 6.45) is -1.19. The average Bonchev–Trinajstić information content (AvgIpc) is 2.79. The standard InChI is InChI=1S/C23H25NO7S/c1-4-23(24(27)28)19(14-20(25)30-5-2)31-17-12-8-6-10-15(17)21(23)32-18-13-9-7-11-16(18)22(26)29-3/h6-13,19,21H,4-5,14H2,1-3H3/t19-,21-,23-/m0/s1. The molecular formula is C23H25NO7S. The normalized spacial score (nSPS) is 21.7. The highest BCUT2D eigenvalue weighted by Gasteiger charge is 2.61. The lowest BCUT2D eigenvalue weighted by Crippen LogP contribution is -2.58. The predicted octanol–water partition coefficient (Wildman–Crippen LogP) is 4.45. The number of esters is 2. The van der Waals surface area contributed by atoms with E-state index in [9.17, 15) is 19.7 Å². The van der Waals surface area contributed by atoms with Crippen LogP contribution < -0.4 is 4.74 Å². The number of nitrogens with zero attached hydrogens (tertiary/aromatic N) is 1. The molecule has 0 saturated heterocycles. The van der Waals surface area contributed by atoms with Crippen LogP contribution in [0, 0.1) is 10.1 Å². The number of carbonyl (C=O) groups excluding carboxylic acids is 2. The lowest BCUT2D eigenvalue weighted by Gasteiger charge is -2.42. The minimum Gasteiger partial charge on any atom is -0.482 e. The van der Waals surface area contributed by atoms with Gasteiger partial charge in [0, 0.05) is 21.8 Å². The Hall–Kier alpha value is -3.07. The van der Waals surface area contributed by atoms with Gasteiger partial charge in [-0.2, -0.15) is 0 Å². The smallest absolute Gasteiger partial charge is 0.338 e. The molecule has 0 aliphatic carbocycles. The van der Waals surface area contributed by atoms with Gasteiger partial charge in [0.05, 0.1) is 25.7 Å². The molecule has 170 valence electrons. The Morgan fingerprint density at radius 1 is 1.16 bits per heavy atom. The number of thioether (sulfide) groups is 1. The summed E-state index contributed by atoms with van der Waals surface area (Å²) in [6, 6.07) is 13.9. The Balaban J connectivity index is 2.15. The molecule has 0 fully saturated rings. The zero-order chi connectivity index (χ0) is 23.3. The molecule has 0 N–H and O–H groups in total. The van der Waals surface area contributed by atoms with Crippen LogP contribution in [0.5, 0.6) is 5.75 Å². The SMILES string of the molecule is CCOC(=O)C[C@@H]1Oc2ccccc2[C@H](Sc2ccccc2C(=O)OC)[C@@]1(CC)[N+](=O)[O-]. The largest absolute Gasteiger partial charge is 0.482 e. The van der Waals surface area contributed by atoms with E-state index in [2.05, 4.69) is 0 Å². The van der Waals surface area contributed by atoms with Gasteiger partial charge in [-0.15, -0.1) is 11.8 Å². The fourth-order valence-electron chi connectivity index (χ4n) is 3.98. The molecule has 3 atom stereocenters. The van der Waals surface area contributed by atoms with Gasteiger partial charge in [0.1, 0.15) is 11.0 Å². The maximum Gasteiger partial charge on any atom is 0.338 e. The summed E-state index contributed by atoms with van der Waals surface area (Å²) in [7, 11) is 1.29. The van der Waals surface area contributed by atoms with Gasteiger partial charge < -0.3 is 14.2 Å². The molecule has 32 heavy (non-hydrogen) atoms. The molecule has 1 aliphatic heterocycles. The first-order valence-corrected chi connectivity index (χ1v) is 11.2. The Labute approximate surface area is 190 Å². The van der Waals surface area contributed by atoms with E-state index in [1.165, 1.54) is 18.9 Å². The number of carbonyl (C=O) groups is 2. The number of fused-ring (bicyclic) bond motifs is 1. The molecule has 0 radical (unpaired) electrons. The molecule has 1 heterocycles. The Bertz CT molecular complexity index is 1010. The molecule has 8 nitrogen and oxygen atoms in total. The Morgan fingerprint density at radius 3 is 2.50 bits per heavy atom. The number of hydrogen-bond acceptors (Lipinski definition) is 8. The summed E-state index contributed by atoms with van der Waals surface area (Å²) >= 11 is 1.21. The van der Waals surface area contributed by atoms with Crippen molar-refractivity contribution in [3.63, 3.8) is 0 Å². The highest BCUT2D eigenvalue weighted by Crippen LogP contribution is 2.54. The Morgan fingerprint density at radius 2 is 1.84 bits per heavy atom. The van der Waals surface area contributed by atoms with E-state index in [1.54, 1.807) is 62.4 Å². The lowest BCUT2D eigenvalue weighted by molar-refractivity contribution is -0.584. The summed E-state index contributed by atoms with van der Waals surface area (Å²) in [5, 5.41) is 11.9. The van der Waals surface area contributed by atoms with Crippen LogP contribution in [0.3, 0.4) is 0 Å². The second kappa shape index (κ2) is 10.0. The number of ether oxygens (including phenoxy) is 3. The van der Waals surface area contributed by atoms with Crippen molar-refractivity contribution in [1.29, 1.82) is 0 Å². The number of rotatable bonds is 8. The fraction of sp³-hybridized carbons (Fsp3) is 0.391. The van der Waals surface area contributed by atoms with E-state index in [0.717, 1.165) is 0 Å². The van der Waals surface area contributed by atoms with E-state index < -0.39 is 28.8 Å². The summed E-state index contributed by atoms with van der Waals surface area (Å²) < 4.78 is 16.0. The van der Waals surface area contributed by atoms with Gasteiger partial charge in [0.25, 0.3) is 5.54 Å². The lowest BCUT2D eigenvalue weighted by atomic mass is 9.79. The predicted molar refractivity (Wildman–Crippen MR) is 119 cm³/mol. The third-order valence-electron chi connectivity index (χ3n) is 5.58. The van der Waals surface area contributed by atoms with E-state index in [0.29, 0.717) is 21.8 Å². The van der Waals surface area contributed by atoms with E-state index in [4.69, 9.17) is 14.2 Å². The van der Waals surface area contributed by atoms with Gasteiger partial charge in [0.15, 0.2) is 6.10 Å². The maximum atomic E-state index is 12.6. The molecule has 0 saturated carbocycles. The van der Waals surface area contributed by atoms with Gasteiger partial charge in [-0.05, 0) is 25.1 Å². The molecule has 1 aliphatic rings. The highest BCUT2D eigenvalue weighted by molar-refractivity contribution is 7.99. The van der Waals surface area contributed by atoms with Crippen LogP contribution in [0.2, 0.25) is 0 Å². The van der Waals surface area contributed by atoms with Gasteiger partial charge >= 0.3 is 11.9 Å². The number of methoxy groups -OCH3 is 1. The van der Waals surface area contributed by atoms with E-state index >= 15 is 0 Å². The van der Waals surface area contributed by atoms with Crippen molar-refractivity contribution >= 4 is 23.7 Å². The van der Waals surface area contributed by atoms with Gasteiger partial charge in [-0.1, -0.05) is 37.3 Å². The first kappa shape index (κ1) is 23.6. The van der Waals surface area contributed by atoms with Crippen molar-refractivity contribution in [2.24, 2.45) is 0 Å². The zero-order valence-corrected chi connectivity index (χ0v) is 18.9. The van der Waals surface area contributed by atoms with Crippen LogP contribution in [0.1, 0.15) is 47.9 Å². The number of nitro groups is 1. The first-order valence-electron chi connectivity index (χ1n) is 10.3. The molecule has 0 amide bonds. The third kappa shape index (κ3) is 4.29. The van der Waals surface area contributed by atoms with Gasteiger partial charge in [-0.3, -0.25) is 14.9 Å². The van der Waals surface area contributed by atoms with Crippen LogP contribution in [-0.2, 0) is 14.3 Å². The molecule has 0 bridgehead atoms. The van der Waals surface area contributed by atoms with Crippen LogP contribution in [0.15, 0.2) is 53.4 Å². The van der Waals surface area contributed by atoms with Crippen LogP contribution in [0.4, 0.5) is 0 Å². The molecule has 0 spiro atoms. The summed E-state index contributed by atoms with van der Waals surface area (Å²) in [5.41, 5.74) is -0.676. The molecular weight excluding hydrogens is 434 g/mol. The van der Waals surface area contributed by atoms with Crippen molar-refractivity contribution in [2.45, 2.75) is 48.5 Å². The van der Waals surface area contributed by atoms with Crippen LogP contribution in [0.25, 0.3) is 0 Å². The molecule has 0 aromatic heterocycles. The summed E-state index contributed by atoms with van der Waals surface area (Å²) in [6.45, 7) is 3.56. The van der Waals surface area contributed by atoms with Crippen molar-refractivity contribution in [3.05, 3.63) is 69.8 Å². The average molecular weight is 460 g/mol. The zero-order valence-electron chi connectivity index (χ0n) is 18.1.